The minimum absolute atomic E-state index is 0.337. The Morgan fingerprint density at radius 2 is 2.30 bits per heavy atom. The Morgan fingerprint density at radius 1 is 1.60 bits per heavy atom. The van der Waals surface area contributed by atoms with Gasteiger partial charge in [-0.3, -0.25) is 0 Å². The fourth-order valence-electron chi connectivity index (χ4n) is 1.29. The average Bonchev–Trinajstić information content (AvgIpc) is 1.85. The normalized spacial score (nSPS) is 36.3. The first-order valence-electron chi connectivity index (χ1n) is 3.82. The third kappa shape index (κ3) is 2.19. The van der Waals surface area contributed by atoms with Gasteiger partial charge in [0.05, 0.1) is 11.9 Å². The van der Waals surface area contributed by atoms with Gasteiger partial charge in [-0.25, -0.2) is 0 Å². The predicted molar refractivity (Wildman–Crippen MR) is 46.2 cm³/mol. The molecule has 3 atom stereocenters. The van der Waals surface area contributed by atoms with E-state index < -0.39 is 0 Å². The molecule has 0 aromatic rings. The zero-order valence-electron chi connectivity index (χ0n) is 6.71. The molecule has 3 heteroatoms. The first-order valence-corrected chi connectivity index (χ1v) is 4.48. The van der Waals surface area contributed by atoms with Crippen LogP contribution in [0.25, 0.3) is 0 Å². The van der Waals surface area contributed by atoms with Crippen molar-refractivity contribution in [3.63, 3.8) is 0 Å². The number of hydrogen-bond donors (Lipinski definition) is 0. The lowest BCUT2D eigenvalue weighted by Crippen LogP contribution is -2.42. The molecule has 2 nitrogen and oxygen atoms in total. The van der Waals surface area contributed by atoms with Gasteiger partial charge in [0.2, 0.25) is 0 Å². The fraction of sp³-hybridized carbons (Fsp3) is 1.00. The van der Waals surface area contributed by atoms with Crippen LogP contribution in [0.4, 0.5) is 0 Å². The summed E-state index contributed by atoms with van der Waals surface area (Å²) in [6.45, 7) is 4.30. The monoisotopic (exact) mass is 161 g/mol. The molecule has 0 amide bonds. The summed E-state index contributed by atoms with van der Waals surface area (Å²) in [5, 5.41) is 0. The molecule has 1 aliphatic rings. The van der Waals surface area contributed by atoms with Crippen LogP contribution in [0.1, 0.15) is 13.3 Å². The second-order valence-corrected chi connectivity index (χ2v) is 3.67. The second kappa shape index (κ2) is 3.66. The van der Waals surface area contributed by atoms with E-state index in [0.717, 1.165) is 19.5 Å². The third-order valence-corrected chi connectivity index (χ3v) is 2.20. The van der Waals surface area contributed by atoms with E-state index in [2.05, 4.69) is 28.1 Å². The van der Waals surface area contributed by atoms with Crippen LogP contribution in [-0.4, -0.2) is 37.0 Å². The maximum atomic E-state index is 5.63. The lowest BCUT2D eigenvalue weighted by molar-refractivity contribution is -0.0389. The third-order valence-electron chi connectivity index (χ3n) is 1.83. The van der Waals surface area contributed by atoms with Gasteiger partial charge in [0.15, 0.2) is 0 Å². The molecule has 0 radical (unpaired) electrons. The maximum Gasteiger partial charge on any atom is 0.0838 e. The highest BCUT2D eigenvalue weighted by molar-refractivity contribution is 7.17. The van der Waals surface area contributed by atoms with E-state index in [9.17, 15) is 0 Å². The summed E-state index contributed by atoms with van der Waals surface area (Å²) in [6.07, 6.45) is 1.57. The average molecular weight is 161 g/mol. The molecule has 0 N–H and O–H groups in total. The lowest BCUT2D eigenvalue weighted by Gasteiger charge is -2.33. The maximum absolute atomic E-state index is 5.63. The van der Waals surface area contributed by atoms with Crippen molar-refractivity contribution in [2.24, 2.45) is 0 Å². The largest absolute Gasteiger partial charge is 0.368 e. The quantitative estimate of drug-likeness (QED) is 0.530. The van der Waals surface area contributed by atoms with Gasteiger partial charge >= 0.3 is 0 Å². The van der Waals surface area contributed by atoms with E-state index in [1.807, 2.05) is 0 Å². The summed E-state index contributed by atoms with van der Waals surface area (Å²) in [4.78, 5) is 2.31. The van der Waals surface area contributed by atoms with E-state index in [0.29, 0.717) is 11.9 Å². The zero-order chi connectivity index (χ0) is 7.56. The van der Waals surface area contributed by atoms with E-state index >= 15 is 0 Å². The number of ether oxygens (including phenoxy) is 1. The van der Waals surface area contributed by atoms with Crippen LogP contribution in [0.3, 0.4) is 0 Å². The predicted octanol–water partition coefficient (Wildman–Crippen LogP) is 0.928. The lowest BCUT2D eigenvalue weighted by atomic mass is 10.2. The number of morpholine rings is 1. The summed E-state index contributed by atoms with van der Waals surface area (Å²) >= 11 is 0. The molecule has 1 fully saturated rings. The molecule has 10 heavy (non-hydrogen) atoms. The van der Waals surface area contributed by atoms with Crippen LogP contribution in [0, 0.1) is 0 Å². The molecule has 0 spiro atoms. The van der Waals surface area contributed by atoms with Gasteiger partial charge in [-0.15, -0.1) is 9.24 Å². The highest BCUT2D eigenvalue weighted by Crippen LogP contribution is 2.15. The Hall–Kier alpha value is 0.350. The molecule has 0 bridgehead atoms. The minimum Gasteiger partial charge on any atom is -0.368 e. The number of hydrogen-bond acceptors (Lipinski definition) is 2. The van der Waals surface area contributed by atoms with Crippen LogP contribution < -0.4 is 0 Å². The van der Waals surface area contributed by atoms with Crippen molar-refractivity contribution in [3.8, 4) is 0 Å². The first kappa shape index (κ1) is 8.45. The summed E-state index contributed by atoms with van der Waals surface area (Å²) < 4.78 is 5.63. The Bertz CT molecular complexity index is 99.8. The van der Waals surface area contributed by atoms with Crippen molar-refractivity contribution in [2.75, 3.05) is 20.1 Å². The number of rotatable bonds is 1. The molecule has 60 valence electrons. The highest BCUT2D eigenvalue weighted by atomic mass is 31.0. The van der Waals surface area contributed by atoms with Crippen molar-refractivity contribution in [2.45, 2.75) is 25.3 Å². The molecule has 0 aromatic carbocycles. The number of likely N-dealkylation sites (N-methyl/N-ethyl adjacent to an activating group) is 1. The van der Waals surface area contributed by atoms with Gasteiger partial charge in [0.25, 0.3) is 0 Å². The molecular weight excluding hydrogens is 145 g/mol. The van der Waals surface area contributed by atoms with Gasteiger partial charge in [0.1, 0.15) is 0 Å². The van der Waals surface area contributed by atoms with E-state index in [-0.39, 0.29) is 0 Å². The second-order valence-electron chi connectivity index (χ2n) is 2.93. The van der Waals surface area contributed by atoms with Gasteiger partial charge < -0.3 is 9.64 Å². The Kier molecular flexibility index (Phi) is 3.09. The van der Waals surface area contributed by atoms with Crippen molar-refractivity contribution in [1.82, 2.24) is 4.90 Å². The molecular formula is C7H16NOP. The van der Waals surface area contributed by atoms with Gasteiger partial charge in [0, 0.05) is 13.1 Å². The van der Waals surface area contributed by atoms with Gasteiger partial charge in [-0.05, 0) is 13.5 Å². The smallest absolute Gasteiger partial charge is 0.0838 e. The van der Waals surface area contributed by atoms with Crippen LogP contribution in [0.5, 0.6) is 0 Å². The minimum atomic E-state index is 0.337. The summed E-state index contributed by atoms with van der Waals surface area (Å²) in [5.74, 6) is 0.337. The SMILES string of the molecule is CCC1CN(C)C[C@H](P)O1. The summed E-state index contributed by atoms with van der Waals surface area (Å²) in [6, 6.07) is 0. The Labute approximate surface area is 65.1 Å². The van der Waals surface area contributed by atoms with Crippen molar-refractivity contribution in [3.05, 3.63) is 0 Å². The van der Waals surface area contributed by atoms with E-state index in [1.54, 1.807) is 0 Å². The topological polar surface area (TPSA) is 12.5 Å². The Morgan fingerprint density at radius 3 is 2.80 bits per heavy atom. The van der Waals surface area contributed by atoms with Crippen molar-refractivity contribution in [1.29, 1.82) is 0 Å². The standard InChI is InChI=1S/C7H16NOP/c1-3-6-4-8(2)5-7(10)9-6/h6-7H,3-5,10H2,1-2H3/t6?,7-/m0/s1. The highest BCUT2D eigenvalue weighted by Gasteiger charge is 2.20. The van der Waals surface area contributed by atoms with Gasteiger partial charge in [-0.1, -0.05) is 6.92 Å². The fourth-order valence-corrected chi connectivity index (χ4v) is 1.87. The van der Waals surface area contributed by atoms with E-state index in [1.165, 1.54) is 0 Å². The molecule has 2 unspecified atom stereocenters. The van der Waals surface area contributed by atoms with Crippen LogP contribution in [0.2, 0.25) is 0 Å². The van der Waals surface area contributed by atoms with E-state index in [4.69, 9.17) is 4.74 Å². The summed E-state index contributed by atoms with van der Waals surface area (Å²) in [7, 11) is 4.86. The molecule has 1 rings (SSSR count). The van der Waals surface area contributed by atoms with Crippen molar-refractivity contribution < 1.29 is 4.74 Å². The molecule has 0 aliphatic carbocycles. The van der Waals surface area contributed by atoms with Crippen LogP contribution >= 0.6 is 9.24 Å². The van der Waals surface area contributed by atoms with Crippen LogP contribution in [0.15, 0.2) is 0 Å². The Balaban J connectivity index is 2.35. The molecule has 1 heterocycles. The zero-order valence-corrected chi connectivity index (χ0v) is 7.86. The summed E-state index contributed by atoms with van der Waals surface area (Å²) in [5.41, 5.74) is 0. The molecule has 0 aromatic heterocycles. The van der Waals surface area contributed by atoms with Crippen molar-refractivity contribution >= 4 is 9.24 Å². The molecule has 1 aliphatic heterocycles. The molecule has 1 saturated heterocycles. The van der Waals surface area contributed by atoms with Crippen LogP contribution in [-0.2, 0) is 4.74 Å². The first-order chi connectivity index (χ1) is 4.72. The number of nitrogens with zero attached hydrogens (tertiary/aromatic N) is 1. The van der Waals surface area contributed by atoms with Gasteiger partial charge in [-0.2, -0.15) is 0 Å². The molecule has 0 saturated carbocycles.